The van der Waals surface area contributed by atoms with Gasteiger partial charge in [0, 0.05) is 17.8 Å². The highest BCUT2D eigenvalue weighted by Gasteiger charge is 2.63. The fraction of sp³-hybridized carbons (Fsp3) is 0.483. The summed E-state index contributed by atoms with van der Waals surface area (Å²) in [5.74, 6) is -0.667. The van der Waals surface area contributed by atoms with Gasteiger partial charge in [-0.15, -0.1) is 8.78 Å². The summed E-state index contributed by atoms with van der Waals surface area (Å²) in [6.07, 6.45) is -5.93. The molecule has 9 nitrogen and oxygen atoms in total. The number of fused-ring (bicyclic) bond motifs is 2. The lowest BCUT2D eigenvalue weighted by Gasteiger charge is -2.58. The van der Waals surface area contributed by atoms with Crippen LogP contribution >= 0.6 is 0 Å². The topological polar surface area (TPSA) is 93.9 Å². The van der Waals surface area contributed by atoms with Crippen molar-refractivity contribution in [3.63, 3.8) is 0 Å². The van der Waals surface area contributed by atoms with Gasteiger partial charge in [-0.3, -0.25) is 4.89 Å². The van der Waals surface area contributed by atoms with Gasteiger partial charge >= 0.3 is 18.4 Å². The van der Waals surface area contributed by atoms with E-state index in [4.69, 9.17) is 14.5 Å². The van der Waals surface area contributed by atoms with Crippen LogP contribution in [0, 0.1) is 11.3 Å². The standard InChI is InChI=1S/C29H26F5N3O6/c1-14-3-5-20(42-43-26(38)27-11-16(12-27)13-27)24-23(14)25(28(30,31)32)36-37(24)18-7-8-35-22(10-18)39-15(2)17-4-6-19-21(9-17)41-29(33,34)40-19/h4,6-10,14-16,20H,3,5,11-13H2,1-2H3/t14?,15-,16?,20?,27?/m0/s1. The van der Waals surface area contributed by atoms with Gasteiger partial charge in [0.25, 0.3) is 0 Å². The van der Waals surface area contributed by atoms with Crippen LogP contribution in [0.3, 0.4) is 0 Å². The minimum atomic E-state index is -4.75. The smallest absolute Gasteiger partial charge is 0.470 e. The second-order valence-electron chi connectivity index (χ2n) is 11.7. The van der Waals surface area contributed by atoms with E-state index in [0.29, 0.717) is 24.3 Å². The molecular weight excluding hydrogens is 581 g/mol. The van der Waals surface area contributed by atoms with Crippen molar-refractivity contribution < 1.29 is 50.7 Å². The van der Waals surface area contributed by atoms with E-state index >= 15 is 0 Å². The van der Waals surface area contributed by atoms with Gasteiger partial charge in [0.05, 0.1) is 16.8 Å². The Balaban J connectivity index is 1.18. The highest BCUT2D eigenvalue weighted by atomic mass is 19.4. The molecule has 3 aromatic rings. The Morgan fingerprint density at radius 1 is 1.09 bits per heavy atom. The van der Waals surface area contributed by atoms with Gasteiger partial charge in [0.1, 0.15) is 12.2 Å². The summed E-state index contributed by atoms with van der Waals surface area (Å²) in [6.45, 7) is 3.33. The molecular formula is C29H26F5N3O6. The summed E-state index contributed by atoms with van der Waals surface area (Å²) in [6, 6.07) is 7.08. The van der Waals surface area contributed by atoms with Crippen molar-refractivity contribution in [1.82, 2.24) is 14.8 Å². The molecule has 0 saturated heterocycles. The van der Waals surface area contributed by atoms with Gasteiger partial charge in [-0.05, 0) is 74.6 Å². The van der Waals surface area contributed by atoms with Crippen LogP contribution in [0.15, 0.2) is 36.5 Å². The van der Waals surface area contributed by atoms with Gasteiger partial charge in [-0.25, -0.2) is 14.5 Å². The second kappa shape index (κ2) is 9.53. The van der Waals surface area contributed by atoms with Crippen molar-refractivity contribution in [2.24, 2.45) is 11.3 Å². The van der Waals surface area contributed by atoms with Crippen LogP contribution in [0.25, 0.3) is 5.69 Å². The highest BCUT2D eigenvalue weighted by molar-refractivity contribution is 5.79. The Morgan fingerprint density at radius 2 is 1.84 bits per heavy atom. The fourth-order valence-corrected chi connectivity index (χ4v) is 6.40. The average molecular weight is 608 g/mol. The number of alkyl halides is 5. The van der Waals surface area contributed by atoms with Gasteiger partial charge in [0.2, 0.25) is 5.88 Å². The Morgan fingerprint density at radius 3 is 2.53 bits per heavy atom. The molecule has 1 aliphatic heterocycles. The van der Waals surface area contributed by atoms with Crippen molar-refractivity contribution in [2.75, 3.05) is 0 Å². The average Bonchev–Trinajstić information content (AvgIpc) is 3.44. The first kappa shape index (κ1) is 27.9. The Hall–Kier alpha value is -3.94. The van der Waals surface area contributed by atoms with Crippen molar-refractivity contribution in [2.45, 2.75) is 76.5 Å². The predicted octanol–water partition coefficient (Wildman–Crippen LogP) is 6.96. The third kappa shape index (κ3) is 4.75. The van der Waals surface area contributed by atoms with Crippen LogP contribution in [-0.4, -0.2) is 27.0 Å². The summed E-state index contributed by atoms with van der Waals surface area (Å²) >= 11 is 0. The van der Waals surface area contributed by atoms with Crippen LogP contribution < -0.4 is 14.2 Å². The summed E-state index contributed by atoms with van der Waals surface area (Å²) in [7, 11) is 0. The van der Waals surface area contributed by atoms with Crippen molar-refractivity contribution >= 4 is 5.97 Å². The number of hydrogen-bond donors (Lipinski definition) is 0. The molecule has 1 aromatic carbocycles. The molecule has 3 atom stereocenters. The first-order valence-corrected chi connectivity index (χ1v) is 13.9. The molecule has 8 rings (SSSR count). The Bertz CT molecular complexity index is 1590. The molecule has 0 radical (unpaired) electrons. The Kier molecular flexibility index (Phi) is 6.18. The first-order valence-electron chi connectivity index (χ1n) is 13.9. The zero-order chi connectivity index (χ0) is 30.3. The molecule has 0 amide bonds. The monoisotopic (exact) mass is 607 g/mol. The number of pyridine rings is 1. The Labute approximate surface area is 241 Å². The molecule has 2 aromatic heterocycles. The molecule has 43 heavy (non-hydrogen) atoms. The number of nitrogens with zero attached hydrogens (tertiary/aromatic N) is 3. The van der Waals surface area contributed by atoms with Crippen molar-refractivity contribution in [3.05, 3.63) is 59.0 Å². The van der Waals surface area contributed by atoms with E-state index in [1.165, 1.54) is 36.5 Å². The maximum absolute atomic E-state index is 14.2. The normalized spacial score (nSPS) is 27.0. The molecule has 4 aliphatic carbocycles. The first-order chi connectivity index (χ1) is 20.3. The number of carbonyl (C=O) groups excluding carboxylic acids is 1. The van der Waals surface area contributed by atoms with E-state index in [1.54, 1.807) is 13.8 Å². The minimum absolute atomic E-state index is 0.0184. The van der Waals surface area contributed by atoms with Crippen LogP contribution in [0.4, 0.5) is 22.0 Å². The molecule has 228 valence electrons. The third-order valence-electron chi connectivity index (χ3n) is 8.75. The van der Waals surface area contributed by atoms with Gasteiger partial charge in [0.15, 0.2) is 17.2 Å². The van der Waals surface area contributed by atoms with Crippen molar-refractivity contribution in [1.29, 1.82) is 0 Å². The molecule has 5 aliphatic rings. The zero-order valence-electron chi connectivity index (χ0n) is 23.0. The van der Waals surface area contributed by atoms with E-state index in [9.17, 15) is 26.7 Å². The summed E-state index contributed by atoms with van der Waals surface area (Å²) < 4.78 is 85.5. The molecule has 14 heteroatoms. The van der Waals surface area contributed by atoms with Crippen molar-refractivity contribution in [3.8, 4) is 23.1 Å². The van der Waals surface area contributed by atoms with Gasteiger partial charge in [-0.1, -0.05) is 13.0 Å². The zero-order valence-corrected chi connectivity index (χ0v) is 23.0. The van der Waals surface area contributed by atoms with E-state index in [2.05, 4.69) is 19.6 Å². The van der Waals surface area contributed by atoms with Crippen LogP contribution in [0.1, 0.15) is 86.6 Å². The summed E-state index contributed by atoms with van der Waals surface area (Å²) in [4.78, 5) is 27.6. The summed E-state index contributed by atoms with van der Waals surface area (Å²) in [5, 5.41) is 3.96. The van der Waals surface area contributed by atoms with Crippen LogP contribution in [0.5, 0.6) is 17.4 Å². The number of aromatic nitrogens is 3. The minimum Gasteiger partial charge on any atom is -0.470 e. The number of halogens is 5. The lowest BCUT2D eigenvalue weighted by Crippen LogP contribution is -2.57. The number of benzene rings is 1. The molecule has 2 unspecified atom stereocenters. The highest BCUT2D eigenvalue weighted by Crippen LogP contribution is 2.65. The lowest BCUT2D eigenvalue weighted by molar-refractivity contribution is -0.323. The second-order valence-corrected chi connectivity index (χ2v) is 11.7. The SMILES string of the molecule is CC1CCC(OOC(=O)C23CC(C2)C3)c2c1c(C(F)(F)F)nn2-c1ccnc(O[C@@H](C)c2ccc3c(c2)OC(F)(F)O3)c1. The van der Waals surface area contributed by atoms with E-state index in [0.717, 1.165) is 23.9 Å². The van der Waals surface area contributed by atoms with Crippen LogP contribution in [-0.2, 0) is 20.7 Å². The number of rotatable bonds is 7. The molecule has 2 bridgehead atoms. The summed E-state index contributed by atoms with van der Waals surface area (Å²) in [5.41, 5.74) is -0.773. The molecule has 3 saturated carbocycles. The van der Waals surface area contributed by atoms with E-state index < -0.39 is 47.7 Å². The fourth-order valence-electron chi connectivity index (χ4n) is 6.40. The largest absolute Gasteiger partial charge is 0.586 e. The molecule has 3 fully saturated rings. The number of carbonyl (C=O) groups is 1. The van der Waals surface area contributed by atoms with E-state index in [-0.39, 0.29) is 34.3 Å². The third-order valence-corrected chi connectivity index (χ3v) is 8.75. The molecule has 0 N–H and O–H groups in total. The van der Waals surface area contributed by atoms with Gasteiger partial charge in [-0.2, -0.15) is 23.2 Å². The van der Waals surface area contributed by atoms with Gasteiger partial charge < -0.3 is 14.2 Å². The van der Waals surface area contributed by atoms with E-state index in [1.807, 2.05) is 0 Å². The van der Waals surface area contributed by atoms with Crippen LogP contribution in [0.2, 0.25) is 0 Å². The number of hydrogen-bond acceptors (Lipinski definition) is 8. The molecule has 0 spiro atoms. The predicted molar refractivity (Wildman–Crippen MR) is 135 cm³/mol. The number of ether oxygens (including phenoxy) is 3. The maximum Gasteiger partial charge on any atom is 0.586 e. The maximum atomic E-state index is 14.2. The lowest BCUT2D eigenvalue weighted by atomic mass is 9.44. The molecule has 3 heterocycles. The quantitative estimate of drug-likeness (QED) is 0.162.